The third-order valence-corrected chi connectivity index (χ3v) is 2.92. The number of nitrogens with zero attached hydrogens (tertiary/aromatic N) is 2. The Kier molecular flexibility index (Phi) is 4.58. The highest BCUT2D eigenvalue weighted by Crippen LogP contribution is 2.14. The zero-order valence-electron chi connectivity index (χ0n) is 11.4. The molecule has 1 N–H and O–H groups in total. The number of amides is 1. The van der Waals surface area contributed by atoms with Crippen LogP contribution >= 0.6 is 11.6 Å². The van der Waals surface area contributed by atoms with Crippen LogP contribution in [-0.2, 0) is 4.79 Å². The first-order chi connectivity index (χ1) is 9.56. The van der Waals surface area contributed by atoms with Crippen molar-refractivity contribution in [3.05, 3.63) is 53.2 Å². The van der Waals surface area contributed by atoms with Gasteiger partial charge in [0.1, 0.15) is 5.82 Å². The van der Waals surface area contributed by atoms with Crippen LogP contribution in [0.5, 0.6) is 0 Å². The Labute approximate surface area is 123 Å². The van der Waals surface area contributed by atoms with Gasteiger partial charge in [-0.05, 0) is 37.6 Å². The van der Waals surface area contributed by atoms with Crippen LogP contribution in [0.1, 0.15) is 25.5 Å². The maximum Gasteiger partial charge on any atom is 0.249 e. The Bertz CT molecular complexity index is 632. The van der Waals surface area contributed by atoms with Gasteiger partial charge in [0.25, 0.3) is 0 Å². The molecular formula is C15H16ClN3O. The van der Waals surface area contributed by atoms with E-state index in [0.29, 0.717) is 10.8 Å². The number of anilines is 1. The number of rotatable bonds is 4. The zero-order valence-corrected chi connectivity index (χ0v) is 12.1. The lowest BCUT2D eigenvalue weighted by molar-refractivity contribution is -0.111. The Morgan fingerprint density at radius 2 is 2.20 bits per heavy atom. The number of halogens is 1. The number of aromatic nitrogens is 2. The monoisotopic (exact) mass is 289 g/mol. The van der Waals surface area contributed by atoms with Crippen LogP contribution in [0, 0.1) is 0 Å². The van der Waals surface area contributed by atoms with Crippen molar-refractivity contribution in [1.82, 2.24) is 9.78 Å². The van der Waals surface area contributed by atoms with Crippen molar-refractivity contribution in [2.24, 2.45) is 0 Å². The van der Waals surface area contributed by atoms with Gasteiger partial charge in [0, 0.05) is 23.2 Å². The van der Waals surface area contributed by atoms with Gasteiger partial charge in [-0.3, -0.25) is 4.79 Å². The summed E-state index contributed by atoms with van der Waals surface area (Å²) in [5, 5.41) is 7.60. The van der Waals surface area contributed by atoms with E-state index in [1.165, 1.54) is 6.08 Å². The maximum absolute atomic E-state index is 11.9. The number of hydrogen-bond acceptors (Lipinski definition) is 2. The molecule has 1 heterocycles. The highest BCUT2D eigenvalue weighted by atomic mass is 35.5. The summed E-state index contributed by atoms with van der Waals surface area (Å²) < 4.78 is 1.76. The minimum absolute atomic E-state index is 0.192. The van der Waals surface area contributed by atoms with Crippen LogP contribution in [0.15, 0.2) is 42.6 Å². The van der Waals surface area contributed by atoms with Crippen molar-refractivity contribution < 1.29 is 4.79 Å². The molecule has 0 bridgehead atoms. The second kappa shape index (κ2) is 6.39. The molecule has 0 radical (unpaired) electrons. The summed E-state index contributed by atoms with van der Waals surface area (Å²) in [6.07, 6.45) is 4.86. The molecule has 0 spiro atoms. The van der Waals surface area contributed by atoms with Gasteiger partial charge in [-0.25, -0.2) is 4.68 Å². The normalized spacial score (nSPS) is 11.2. The predicted molar refractivity (Wildman–Crippen MR) is 81.7 cm³/mol. The van der Waals surface area contributed by atoms with Gasteiger partial charge in [0.15, 0.2) is 0 Å². The summed E-state index contributed by atoms with van der Waals surface area (Å²) in [7, 11) is 0. The summed E-state index contributed by atoms with van der Waals surface area (Å²) >= 11 is 5.88. The molecule has 4 nitrogen and oxygen atoms in total. The quantitative estimate of drug-likeness (QED) is 0.871. The van der Waals surface area contributed by atoms with Gasteiger partial charge in [0.05, 0.1) is 6.20 Å². The third kappa shape index (κ3) is 3.71. The van der Waals surface area contributed by atoms with Crippen LogP contribution < -0.4 is 5.32 Å². The minimum atomic E-state index is -0.202. The van der Waals surface area contributed by atoms with Gasteiger partial charge in [-0.1, -0.05) is 23.7 Å². The molecule has 0 fully saturated rings. The largest absolute Gasteiger partial charge is 0.307 e. The van der Waals surface area contributed by atoms with Crippen LogP contribution in [0.3, 0.4) is 0 Å². The van der Waals surface area contributed by atoms with Crippen LogP contribution in [0.25, 0.3) is 6.08 Å². The first-order valence-electron chi connectivity index (χ1n) is 6.34. The second-order valence-electron chi connectivity index (χ2n) is 4.63. The van der Waals surface area contributed by atoms with E-state index in [-0.39, 0.29) is 11.9 Å². The summed E-state index contributed by atoms with van der Waals surface area (Å²) in [5.41, 5.74) is 0.880. The van der Waals surface area contributed by atoms with Crippen molar-refractivity contribution in [1.29, 1.82) is 0 Å². The number of benzene rings is 1. The van der Waals surface area contributed by atoms with E-state index in [4.69, 9.17) is 11.6 Å². The van der Waals surface area contributed by atoms with Crippen LogP contribution in [-0.4, -0.2) is 15.7 Å². The molecule has 0 aliphatic rings. The maximum atomic E-state index is 11.9. The molecule has 2 rings (SSSR count). The lowest BCUT2D eigenvalue weighted by atomic mass is 10.2. The van der Waals surface area contributed by atoms with Crippen molar-refractivity contribution in [2.45, 2.75) is 19.9 Å². The van der Waals surface area contributed by atoms with Crippen molar-refractivity contribution >= 4 is 29.4 Å². The first-order valence-corrected chi connectivity index (χ1v) is 6.72. The highest BCUT2D eigenvalue weighted by molar-refractivity contribution is 6.30. The fourth-order valence-corrected chi connectivity index (χ4v) is 1.97. The molecule has 0 saturated heterocycles. The fraction of sp³-hybridized carbons (Fsp3) is 0.200. The van der Waals surface area contributed by atoms with Crippen LogP contribution in [0.4, 0.5) is 5.82 Å². The first kappa shape index (κ1) is 14.3. The standard InChI is InChI=1S/C15H16ClN3O/c1-11(2)19-14(8-9-17-19)18-15(20)7-6-12-4-3-5-13(16)10-12/h3-11H,1-2H3,(H,18,20). The Morgan fingerprint density at radius 1 is 1.40 bits per heavy atom. The summed E-state index contributed by atoms with van der Waals surface area (Å²) in [6.45, 7) is 4.01. The highest BCUT2D eigenvalue weighted by Gasteiger charge is 2.07. The smallest absolute Gasteiger partial charge is 0.249 e. The fourth-order valence-electron chi connectivity index (χ4n) is 1.77. The molecule has 104 valence electrons. The molecule has 1 aromatic carbocycles. The van der Waals surface area contributed by atoms with E-state index < -0.39 is 0 Å². The summed E-state index contributed by atoms with van der Waals surface area (Å²) in [4.78, 5) is 11.9. The molecule has 2 aromatic rings. The van der Waals surface area contributed by atoms with E-state index in [0.717, 1.165) is 5.56 Å². The lowest BCUT2D eigenvalue weighted by Crippen LogP contribution is -2.14. The van der Waals surface area contributed by atoms with Gasteiger partial charge in [0.2, 0.25) is 5.91 Å². The van der Waals surface area contributed by atoms with Crippen molar-refractivity contribution in [2.75, 3.05) is 5.32 Å². The molecule has 1 amide bonds. The second-order valence-corrected chi connectivity index (χ2v) is 5.07. The summed E-state index contributed by atoms with van der Waals surface area (Å²) in [6, 6.07) is 9.27. The molecule has 0 aliphatic heterocycles. The molecule has 0 saturated carbocycles. The lowest BCUT2D eigenvalue weighted by Gasteiger charge is -2.10. The Hall–Kier alpha value is -2.07. The molecule has 5 heteroatoms. The molecular weight excluding hydrogens is 274 g/mol. The van der Waals surface area contributed by atoms with Crippen molar-refractivity contribution in [3.63, 3.8) is 0 Å². The number of carbonyl (C=O) groups excluding carboxylic acids is 1. The van der Waals surface area contributed by atoms with Crippen molar-refractivity contribution in [3.8, 4) is 0 Å². The van der Waals surface area contributed by atoms with Gasteiger partial charge in [-0.15, -0.1) is 0 Å². The zero-order chi connectivity index (χ0) is 14.5. The van der Waals surface area contributed by atoms with Gasteiger partial charge >= 0.3 is 0 Å². The Morgan fingerprint density at radius 3 is 2.90 bits per heavy atom. The van der Waals surface area contributed by atoms with E-state index >= 15 is 0 Å². The average molecular weight is 290 g/mol. The third-order valence-electron chi connectivity index (χ3n) is 2.69. The van der Waals surface area contributed by atoms with Gasteiger partial charge < -0.3 is 5.32 Å². The molecule has 20 heavy (non-hydrogen) atoms. The minimum Gasteiger partial charge on any atom is -0.307 e. The topological polar surface area (TPSA) is 46.9 Å². The average Bonchev–Trinajstić information content (AvgIpc) is 2.85. The van der Waals surface area contributed by atoms with Crippen LogP contribution in [0.2, 0.25) is 5.02 Å². The SMILES string of the molecule is CC(C)n1nccc1NC(=O)C=Cc1cccc(Cl)c1. The van der Waals surface area contributed by atoms with E-state index in [1.54, 1.807) is 35.2 Å². The van der Waals surface area contributed by atoms with E-state index in [9.17, 15) is 4.79 Å². The van der Waals surface area contributed by atoms with E-state index in [1.807, 2.05) is 26.0 Å². The molecule has 1 aromatic heterocycles. The van der Waals surface area contributed by atoms with Gasteiger partial charge in [-0.2, -0.15) is 5.10 Å². The van der Waals surface area contributed by atoms with E-state index in [2.05, 4.69) is 10.4 Å². The summed E-state index contributed by atoms with van der Waals surface area (Å²) in [5.74, 6) is 0.480. The molecule has 0 unspecified atom stereocenters. The number of hydrogen-bond donors (Lipinski definition) is 1. The number of nitrogens with one attached hydrogen (secondary N) is 1. The number of carbonyl (C=O) groups is 1. The molecule has 0 atom stereocenters. The Balaban J connectivity index is 2.04. The molecule has 0 aliphatic carbocycles. The predicted octanol–water partition coefficient (Wildman–Crippen LogP) is 3.77.